The Morgan fingerprint density at radius 2 is 1.52 bits per heavy atom. The first kappa shape index (κ1) is 18.0. The third-order valence-electron chi connectivity index (χ3n) is 6.20. The summed E-state index contributed by atoms with van der Waals surface area (Å²) < 4.78 is 6.18. The molecule has 0 aliphatic heterocycles. The number of aromatic nitrogens is 3. The van der Waals surface area contributed by atoms with Gasteiger partial charge < -0.3 is 4.42 Å². The molecule has 0 spiro atoms. The summed E-state index contributed by atoms with van der Waals surface area (Å²) in [6.45, 7) is 0. The van der Waals surface area contributed by atoms with Crippen molar-refractivity contribution >= 4 is 43.7 Å². The van der Waals surface area contributed by atoms with Crippen molar-refractivity contribution in [3.63, 3.8) is 0 Å². The van der Waals surface area contributed by atoms with E-state index in [1.165, 1.54) is 0 Å². The lowest BCUT2D eigenvalue weighted by molar-refractivity contribution is 0.669. The van der Waals surface area contributed by atoms with Crippen LogP contribution in [0.25, 0.3) is 66.1 Å². The number of benzene rings is 3. The van der Waals surface area contributed by atoms with E-state index < -0.39 is 0 Å². The van der Waals surface area contributed by atoms with E-state index in [9.17, 15) is 0 Å². The molecule has 0 fully saturated rings. The summed E-state index contributed by atoms with van der Waals surface area (Å²) in [6.07, 6.45) is 5.50. The first-order valence-corrected chi connectivity index (χ1v) is 10.9. The van der Waals surface area contributed by atoms with Gasteiger partial charge in [0.2, 0.25) is 0 Å². The smallest absolute Gasteiger partial charge is 0.136 e. The molecule has 3 aromatic carbocycles. The van der Waals surface area contributed by atoms with Crippen molar-refractivity contribution in [2.75, 3.05) is 0 Å². The summed E-state index contributed by atoms with van der Waals surface area (Å²) in [5.74, 6) is 0. The molecule has 0 radical (unpaired) electrons. The molecule has 0 N–H and O–H groups in total. The minimum Gasteiger partial charge on any atom is -0.456 e. The Hall–Kier alpha value is -4.57. The van der Waals surface area contributed by atoms with Crippen LogP contribution in [0.1, 0.15) is 0 Å². The maximum absolute atomic E-state index is 6.18. The number of rotatable bonds is 2. The van der Waals surface area contributed by atoms with Crippen LogP contribution in [0, 0.1) is 0 Å². The fraction of sp³-hybridized carbons (Fsp3) is 0. The second-order valence-corrected chi connectivity index (χ2v) is 8.14. The van der Waals surface area contributed by atoms with E-state index in [0.717, 1.165) is 66.1 Å². The minimum absolute atomic E-state index is 0.859. The number of fused-ring (bicyclic) bond motifs is 6. The lowest BCUT2D eigenvalue weighted by Gasteiger charge is -2.07. The van der Waals surface area contributed by atoms with E-state index in [-0.39, 0.29) is 0 Å². The molecule has 33 heavy (non-hydrogen) atoms. The minimum atomic E-state index is 0.859. The van der Waals surface area contributed by atoms with Gasteiger partial charge in [0, 0.05) is 51.3 Å². The molecule has 0 saturated heterocycles. The van der Waals surface area contributed by atoms with Crippen LogP contribution >= 0.6 is 0 Å². The number of furan rings is 1. The lowest BCUT2D eigenvalue weighted by atomic mass is 9.99. The van der Waals surface area contributed by atoms with Crippen molar-refractivity contribution in [1.82, 2.24) is 15.0 Å². The van der Waals surface area contributed by atoms with Gasteiger partial charge in [0.1, 0.15) is 11.2 Å². The molecular formula is C29H17N3O. The van der Waals surface area contributed by atoms with Crippen LogP contribution in [0.3, 0.4) is 0 Å². The maximum Gasteiger partial charge on any atom is 0.136 e. The molecule has 7 rings (SSSR count). The highest BCUT2D eigenvalue weighted by Crippen LogP contribution is 2.38. The molecule has 0 saturated carbocycles. The van der Waals surface area contributed by atoms with Gasteiger partial charge >= 0.3 is 0 Å². The molecule has 0 bridgehead atoms. The molecular weight excluding hydrogens is 406 g/mol. The largest absolute Gasteiger partial charge is 0.456 e. The Morgan fingerprint density at radius 3 is 2.42 bits per heavy atom. The third kappa shape index (κ3) is 2.81. The Morgan fingerprint density at radius 1 is 0.636 bits per heavy atom. The Bertz CT molecular complexity index is 1820. The Labute approximate surface area is 189 Å². The molecule has 0 aliphatic carbocycles. The van der Waals surface area contributed by atoms with E-state index in [2.05, 4.69) is 64.6 Å². The summed E-state index contributed by atoms with van der Waals surface area (Å²) in [5.41, 5.74) is 7.69. The monoisotopic (exact) mass is 423 g/mol. The number of pyridine rings is 3. The highest BCUT2D eigenvalue weighted by Gasteiger charge is 2.14. The first-order valence-electron chi connectivity index (χ1n) is 10.9. The normalized spacial score (nSPS) is 11.6. The maximum atomic E-state index is 6.18. The lowest BCUT2D eigenvalue weighted by Crippen LogP contribution is -1.88. The van der Waals surface area contributed by atoms with E-state index in [1.54, 1.807) is 6.20 Å². The molecule has 0 atom stereocenters. The molecule has 4 nitrogen and oxygen atoms in total. The molecule has 0 unspecified atom stereocenters. The van der Waals surface area contributed by atoms with Gasteiger partial charge in [0.15, 0.2) is 0 Å². The first-order chi connectivity index (χ1) is 16.3. The number of hydrogen-bond acceptors (Lipinski definition) is 4. The second kappa shape index (κ2) is 6.97. The molecule has 0 aliphatic rings. The zero-order chi connectivity index (χ0) is 21.8. The van der Waals surface area contributed by atoms with Crippen LogP contribution in [0.15, 0.2) is 108 Å². The molecule has 4 heterocycles. The molecule has 0 amide bonds. The zero-order valence-electron chi connectivity index (χ0n) is 17.6. The van der Waals surface area contributed by atoms with Gasteiger partial charge in [-0.25, -0.2) is 4.98 Å². The second-order valence-electron chi connectivity index (χ2n) is 8.14. The van der Waals surface area contributed by atoms with Gasteiger partial charge in [0.05, 0.1) is 16.7 Å². The quantitative estimate of drug-likeness (QED) is 0.272. The van der Waals surface area contributed by atoms with E-state index in [0.29, 0.717) is 0 Å². The van der Waals surface area contributed by atoms with Gasteiger partial charge in [-0.05, 0) is 48.0 Å². The van der Waals surface area contributed by atoms with E-state index in [1.807, 2.05) is 42.7 Å². The average Bonchev–Trinajstić information content (AvgIpc) is 3.27. The van der Waals surface area contributed by atoms with Crippen molar-refractivity contribution in [1.29, 1.82) is 0 Å². The van der Waals surface area contributed by atoms with Gasteiger partial charge in [0.25, 0.3) is 0 Å². The molecule has 7 aromatic rings. The predicted octanol–water partition coefficient (Wildman–Crippen LogP) is 7.41. The van der Waals surface area contributed by atoms with Crippen molar-refractivity contribution < 1.29 is 4.42 Å². The van der Waals surface area contributed by atoms with Gasteiger partial charge in [-0.2, -0.15) is 0 Å². The van der Waals surface area contributed by atoms with E-state index in [4.69, 9.17) is 9.40 Å². The summed E-state index contributed by atoms with van der Waals surface area (Å²) in [6, 6.07) is 28.9. The highest BCUT2D eigenvalue weighted by atomic mass is 16.3. The van der Waals surface area contributed by atoms with Crippen LogP contribution in [-0.4, -0.2) is 15.0 Å². The fourth-order valence-electron chi connectivity index (χ4n) is 4.63. The van der Waals surface area contributed by atoms with Crippen LogP contribution < -0.4 is 0 Å². The van der Waals surface area contributed by atoms with Crippen LogP contribution in [0.2, 0.25) is 0 Å². The fourth-order valence-corrected chi connectivity index (χ4v) is 4.63. The summed E-state index contributed by atoms with van der Waals surface area (Å²) in [7, 11) is 0. The summed E-state index contributed by atoms with van der Waals surface area (Å²) in [5, 5.41) is 4.33. The van der Waals surface area contributed by atoms with Gasteiger partial charge in [-0.1, -0.05) is 42.5 Å². The number of nitrogens with zero attached hydrogens (tertiary/aromatic N) is 3. The summed E-state index contributed by atoms with van der Waals surface area (Å²) in [4.78, 5) is 13.9. The number of hydrogen-bond donors (Lipinski definition) is 0. The van der Waals surface area contributed by atoms with Crippen molar-refractivity contribution in [3.05, 3.63) is 104 Å². The molecule has 4 heteroatoms. The van der Waals surface area contributed by atoms with Crippen LogP contribution in [0.4, 0.5) is 0 Å². The van der Waals surface area contributed by atoms with Gasteiger partial charge in [-0.3, -0.25) is 9.97 Å². The van der Waals surface area contributed by atoms with Crippen molar-refractivity contribution in [2.24, 2.45) is 0 Å². The standard InChI is InChI=1S/C29H17N3O/c1-6-22(21-5-2-14-30-17-21)27-23-16-20(11-13-25(23)33-26(27)7-1)24-12-10-19-9-8-18-4-3-15-31-28(18)29(19)32-24/h1-17H. The van der Waals surface area contributed by atoms with E-state index >= 15 is 0 Å². The van der Waals surface area contributed by atoms with Crippen molar-refractivity contribution in [2.45, 2.75) is 0 Å². The topological polar surface area (TPSA) is 51.8 Å². The molecule has 4 aromatic heterocycles. The average molecular weight is 423 g/mol. The van der Waals surface area contributed by atoms with Crippen LogP contribution in [-0.2, 0) is 0 Å². The van der Waals surface area contributed by atoms with Gasteiger partial charge in [-0.15, -0.1) is 0 Å². The Kier molecular flexibility index (Phi) is 3.81. The SMILES string of the molecule is c1cncc(-c2cccc3oc4ccc(-c5ccc6ccc7cccnc7c6n5)cc4c23)c1. The molecule has 154 valence electrons. The third-order valence-corrected chi connectivity index (χ3v) is 6.20. The highest BCUT2D eigenvalue weighted by molar-refractivity contribution is 6.13. The predicted molar refractivity (Wildman–Crippen MR) is 133 cm³/mol. The Balaban J connectivity index is 1.48. The van der Waals surface area contributed by atoms with Crippen molar-refractivity contribution in [3.8, 4) is 22.4 Å². The zero-order valence-corrected chi connectivity index (χ0v) is 17.6. The van der Waals surface area contributed by atoms with Crippen LogP contribution in [0.5, 0.6) is 0 Å². The summed E-state index contributed by atoms with van der Waals surface area (Å²) >= 11 is 0.